The first kappa shape index (κ1) is 15.5. The van der Waals surface area contributed by atoms with Crippen LogP contribution in [0.3, 0.4) is 0 Å². The van der Waals surface area contributed by atoms with Gasteiger partial charge in [0.15, 0.2) is 0 Å². The Morgan fingerprint density at radius 2 is 1.82 bits per heavy atom. The number of nitrogens with one attached hydrogen (secondary N) is 1. The molecule has 1 unspecified atom stereocenters. The normalized spacial score (nSPS) is 11.5. The molecule has 0 aliphatic carbocycles. The van der Waals surface area contributed by atoms with Crippen molar-refractivity contribution in [2.75, 3.05) is 0 Å². The van der Waals surface area contributed by atoms with Crippen LogP contribution in [-0.4, -0.2) is 28.0 Å². The number of carboxylic acid groups (broad SMARTS) is 1. The number of amides is 1. The summed E-state index contributed by atoms with van der Waals surface area (Å²) < 4.78 is 5.59. The lowest BCUT2D eigenvalue weighted by Gasteiger charge is -2.10. The van der Waals surface area contributed by atoms with Crippen molar-refractivity contribution in [3.8, 4) is 5.75 Å². The Bertz CT molecular complexity index is 641. The fraction of sp³-hybridized carbons (Fsp3) is 0.188. The van der Waals surface area contributed by atoms with Crippen LogP contribution in [0.15, 0.2) is 48.8 Å². The Hall–Kier alpha value is -2.89. The molecule has 0 aliphatic rings. The van der Waals surface area contributed by atoms with Crippen molar-refractivity contribution in [3.63, 3.8) is 0 Å². The molecular formula is C16H16N2O4. The number of rotatable bonds is 6. The van der Waals surface area contributed by atoms with Crippen molar-refractivity contribution in [2.45, 2.75) is 19.6 Å². The maximum Gasteiger partial charge on any atom is 0.325 e. The highest BCUT2D eigenvalue weighted by Gasteiger charge is 2.15. The molecule has 114 valence electrons. The molecule has 1 amide bonds. The van der Waals surface area contributed by atoms with Gasteiger partial charge < -0.3 is 15.2 Å². The number of pyridine rings is 1. The number of carbonyl (C=O) groups excluding carboxylic acids is 1. The first-order valence-corrected chi connectivity index (χ1v) is 6.71. The molecule has 1 heterocycles. The Balaban J connectivity index is 1.92. The maximum absolute atomic E-state index is 11.8. The van der Waals surface area contributed by atoms with Crippen molar-refractivity contribution in [1.82, 2.24) is 10.3 Å². The van der Waals surface area contributed by atoms with Gasteiger partial charge in [0.2, 0.25) is 0 Å². The zero-order chi connectivity index (χ0) is 15.9. The molecule has 1 atom stereocenters. The minimum atomic E-state index is -1.08. The van der Waals surface area contributed by atoms with E-state index < -0.39 is 17.9 Å². The van der Waals surface area contributed by atoms with Gasteiger partial charge in [0, 0.05) is 18.0 Å². The minimum absolute atomic E-state index is 0.379. The van der Waals surface area contributed by atoms with E-state index in [9.17, 15) is 9.59 Å². The second kappa shape index (κ2) is 7.21. The van der Waals surface area contributed by atoms with Gasteiger partial charge in [0.1, 0.15) is 18.4 Å². The van der Waals surface area contributed by atoms with Gasteiger partial charge in [-0.3, -0.25) is 14.6 Å². The number of nitrogens with zero attached hydrogens (tertiary/aromatic N) is 1. The third-order valence-corrected chi connectivity index (χ3v) is 2.99. The number of hydrogen-bond donors (Lipinski definition) is 2. The lowest BCUT2D eigenvalue weighted by molar-refractivity contribution is -0.138. The average molecular weight is 300 g/mol. The van der Waals surface area contributed by atoms with Crippen LogP contribution in [0.4, 0.5) is 0 Å². The number of carbonyl (C=O) groups is 2. The van der Waals surface area contributed by atoms with Gasteiger partial charge in [-0.05, 0) is 48.9 Å². The molecule has 0 spiro atoms. The summed E-state index contributed by atoms with van der Waals surface area (Å²) in [6.07, 6.45) is 3.38. The molecular weight excluding hydrogens is 284 g/mol. The number of aliphatic carboxylic acids is 1. The number of aromatic nitrogens is 1. The van der Waals surface area contributed by atoms with Gasteiger partial charge in [-0.1, -0.05) is 0 Å². The van der Waals surface area contributed by atoms with Crippen molar-refractivity contribution in [2.24, 2.45) is 0 Å². The molecule has 6 heteroatoms. The van der Waals surface area contributed by atoms with Crippen LogP contribution in [-0.2, 0) is 11.4 Å². The summed E-state index contributed by atoms with van der Waals surface area (Å²) in [5, 5.41) is 11.1. The summed E-state index contributed by atoms with van der Waals surface area (Å²) in [6.45, 7) is 1.82. The molecule has 2 aromatic rings. The second-order valence-electron chi connectivity index (χ2n) is 4.70. The van der Waals surface area contributed by atoms with Crippen molar-refractivity contribution < 1.29 is 19.4 Å². The van der Waals surface area contributed by atoms with Crippen LogP contribution >= 0.6 is 0 Å². The summed E-state index contributed by atoms with van der Waals surface area (Å²) in [6, 6.07) is 9.29. The Morgan fingerprint density at radius 1 is 1.18 bits per heavy atom. The highest BCUT2D eigenvalue weighted by molar-refractivity contribution is 5.96. The fourth-order valence-corrected chi connectivity index (χ4v) is 1.69. The quantitative estimate of drug-likeness (QED) is 0.850. The lowest BCUT2D eigenvalue weighted by atomic mass is 10.2. The molecule has 2 rings (SSSR count). The molecule has 0 saturated carbocycles. The standard InChI is InChI=1S/C16H16N2O4/c1-11(16(20)21)18-15(19)13-2-4-14(5-3-13)22-10-12-6-8-17-9-7-12/h2-9,11H,10H2,1H3,(H,18,19)(H,20,21). The van der Waals surface area contributed by atoms with Crippen molar-refractivity contribution >= 4 is 11.9 Å². The molecule has 0 aliphatic heterocycles. The summed E-state index contributed by atoms with van der Waals surface area (Å²) in [7, 11) is 0. The van der Waals surface area contributed by atoms with E-state index in [0.29, 0.717) is 17.9 Å². The highest BCUT2D eigenvalue weighted by atomic mass is 16.5. The van der Waals surface area contributed by atoms with E-state index in [1.807, 2.05) is 12.1 Å². The predicted molar refractivity (Wildman–Crippen MR) is 79.6 cm³/mol. The van der Waals surface area contributed by atoms with Gasteiger partial charge in [0.25, 0.3) is 5.91 Å². The SMILES string of the molecule is CC(NC(=O)c1ccc(OCc2ccncc2)cc1)C(=O)O. The zero-order valence-corrected chi connectivity index (χ0v) is 12.0. The van der Waals surface area contributed by atoms with E-state index in [1.165, 1.54) is 6.92 Å². The van der Waals surface area contributed by atoms with Crippen LogP contribution in [0.5, 0.6) is 5.75 Å². The average Bonchev–Trinajstić information content (AvgIpc) is 2.54. The van der Waals surface area contributed by atoms with E-state index in [4.69, 9.17) is 9.84 Å². The monoisotopic (exact) mass is 300 g/mol. The summed E-state index contributed by atoms with van der Waals surface area (Å²) >= 11 is 0. The van der Waals surface area contributed by atoms with Crippen molar-refractivity contribution in [1.29, 1.82) is 0 Å². The predicted octanol–water partition coefficient (Wildman–Crippen LogP) is 1.86. The van der Waals surface area contributed by atoms with Gasteiger partial charge in [-0.25, -0.2) is 0 Å². The smallest absolute Gasteiger partial charge is 0.325 e. The number of benzene rings is 1. The van der Waals surface area contributed by atoms with Gasteiger partial charge in [-0.15, -0.1) is 0 Å². The zero-order valence-electron chi connectivity index (χ0n) is 12.0. The molecule has 1 aromatic heterocycles. The topological polar surface area (TPSA) is 88.5 Å². The van der Waals surface area contributed by atoms with Gasteiger partial charge >= 0.3 is 5.97 Å². The second-order valence-corrected chi connectivity index (χ2v) is 4.70. The molecule has 2 N–H and O–H groups in total. The Kier molecular flexibility index (Phi) is 5.08. The number of carboxylic acids is 1. The van der Waals surface area contributed by atoms with Crippen LogP contribution < -0.4 is 10.1 Å². The summed E-state index contributed by atoms with van der Waals surface area (Å²) in [5.41, 5.74) is 1.37. The third-order valence-electron chi connectivity index (χ3n) is 2.99. The fourth-order valence-electron chi connectivity index (χ4n) is 1.69. The third kappa shape index (κ3) is 4.31. The molecule has 0 radical (unpaired) electrons. The van der Waals surface area contributed by atoms with E-state index >= 15 is 0 Å². The van der Waals surface area contributed by atoms with Crippen LogP contribution in [0.2, 0.25) is 0 Å². The van der Waals surface area contributed by atoms with Crippen LogP contribution in [0.25, 0.3) is 0 Å². The highest BCUT2D eigenvalue weighted by Crippen LogP contribution is 2.14. The minimum Gasteiger partial charge on any atom is -0.489 e. The van der Waals surface area contributed by atoms with Crippen LogP contribution in [0, 0.1) is 0 Å². The maximum atomic E-state index is 11.8. The summed E-state index contributed by atoms with van der Waals surface area (Å²) in [4.78, 5) is 26.5. The van der Waals surface area contributed by atoms with E-state index in [-0.39, 0.29) is 0 Å². The Morgan fingerprint density at radius 3 is 2.41 bits per heavy atom. The summed E-state index contributed by atoms with van der Waals surface area (Å²) in [5.74, 6) is -0.888. The number of ether oxygens (including phenoxy) is 1. The lowest BCUT2D eigenvalue weighted by Crippen LogP contribution is -2.38. The van der Waals surface area contributed by atoms with E-state index in [0.717, 1.165) is 5.56 Å². The molecule has 0 saturated heterocycles. The first-order chi connectivity index (χ1) is 10.6. The Labute approximate surface area is 127 Å². The van der Waals surface area contributed by atoms with Gasteiger partial charge in [0.05, 0.1) is 0 Å². The first-order valence-electron chi connectivity index (χ1n) is 6.71. The van der Waals surface area contributed by atoms with E-state index in [2.05, 4.69) is 10.3 Å². The molecule has 6 nitrogen and oxygen atoms in total. The number of hydrogen-bond acceptors (Lipinski definition) is 4. The van der Waals surface area contributed by atoms with E-state index in [1.54, 1.807) is 36.7 Å². The van der Waals surface area contributed by atoms with Crippen LogP contribution in [0.1, 0.15) is 22.8 Å². The van der Waals surface area contributed by atoms with Crippen molar-refractivity contribution in [3.05, 3.63) is 59.9 Å². The van der Waals surface area contributed by atoms with Gasteiger partial charge in [-0.2, -0.15) is 0 Å². The molecule has 1 aromatic carbocycles. The largest absolute Gasteiger partial charge is 0.489 e. The molecule has 0 bridgehead atoms. The molecule has 22 heavy (non-hydrogen) atoms. The molecule has 0 fully saturated rings.